The molecule has 0 radical (unpaired) electrons. The largest absolute Gasteiger partial charge is 0.497 e. The maximum atomic E-state index is 6.09. The molecule has 3 heteroatoms. The molecule has 1 aromatic rings. The highest BCUT2D eigenvalue weighted by molar-refractivity contribution is 5.51. The van der Waals surface area contributed by atoms with E-state index in [1.165, 1.54) is 37.8 Å². The molecule has 2 rings (SSSR count). The van der Waals surface area contributed by atoms with E-state index in [4.69, 9.17) is 10.5 Å². The maximum absolute atomic E-state index is 6.09. The lowest BCUT2D eigenvalue weighted by atomic mass is 10.1. The van der Waals surface area contributed by atoms with Crippen LogP contribution in [0.5, 0.6) is 5.75 Å². The zero-order valence-electron chi connectivity index (χ0n) is 11.5. The van der Waals surface area contributed by atoms with Crippen LogP contribution in [0.1, 0.15) is 38.2 Å². The van der Waals surface area contributed by atoms with Gasteiger partial charge in [-0.25, -0.2) is 0 Å². The minimum absolute atomic E-state index is 0.790. The highest BCUT2D eigenvalue weighted by Gasteiger charge is 2.28. The van der Waals surface area contributed by atoms with Gasteiger partial charge < -0.3 is 10.5 Å². The average molecular weight is 248 g/mol. The van der Waals surface area contributed by atoms with Crippen molar-refractivity contribution in [3.63, 3.8) is 0 Å². The summed E-state index contributed by atoms with van der Waals surface area (Å²) in [4.78, 5) is 2.57. The third kappa shape index (κ3) is 3.39. The summed E-state index contributed by atoms with van der Waals surface area (Å²) in [7, 11) is 1.67. The van der Waals surface area contributed by atoms with Crippen LogP contribution < -0.4 is 10.5 Å². The van der Waals surface area contributed by atoms with Crippen LogP contribution in [0.15, 0.2) is 18.2 Å². The Kier molecular flexibility index (Phi) is 4.48. The van der Waals surface area contributed by atoms with Gasteiger partial charge in [-0.2, -0.15) is 0 Å². The second-order valence-electron chi connectivity index (χ2n) is 5.12. The minimum atomic E-state index is 0.790. The number of benzene rings is 1. The molecule has 1 fully saturated rings. The molecule has 2 N–H and O–H groups in total. The fourth-order valence-electron chi connectivity index (χ4n) is 2.25. The van der Waals surface area contributed by atoms with Crippen molar-refractivity contribution in [3.05, 3.63) is 23.8 Å². The van der Waals surface area contributed by atoms with Gasteiger partial charge in [0.25, 0.3) is 0 Å². The van der Waals surface area contributed by atoms with Gasteiger partial charge in [-0.3, -0.25) is 4.90 Å². The van der Waals surface area contributed by atoms with Crippen molar-refractivity contribution in [2.24, 2.45) is 0 Å². The van der Waals surface area contributed by atoms with Crippen LogP contribution in [0.25, 0.3) is 0 Å². The van der Waals surface area contributed by atoms with E-state index >= 15 is 0 Å². The van der Waals surface area contributed by atoms with E-state index in [0.29, 0.717) is 0 Å². The Morgan fingerprint density at radius 1 is 1.39 bits per heavy atom. The second-order valence-corrected chi connectivity index (χ2v) is 5.12. The van der Waals surface area contributed by atoms with Crippen molar-refractivity contribution in [1.82, 2.24) is 4.90 Å². The molecule has 1 aliphatic carbocycles. The number of hydrogen-bond donors (Lipinski definition) is 1. The van der Waals surface area contributed by atoms with Gasteiger partial charge in [0.2, 0.25) is 0 Å². The van der Waals surface area contributed by atoms with Crippen LogP contribution in [0, 0.1) is 0 Å². The normalized spacial score (nSPS) is 15.1. The van der Waals surface area contributed by atoms with Gasteiger partial charge in [0.05, 0.1) is 7.11 Å². The average Bonchev–Trinajstić information content (AvgIpc) is 3.20. The molecule has 0 aromatic heterocycles. The molecule has 0 saturated heterocycles. The molecule has 1 saturated carbocycles. The van der Waals surface area contributed by atoms with E-state index < -0.39 is 0 Å². The molecular formula is C15H24N2O. The minimum Gasteiger partial charge on any atom is -0.497 e. The van der Waals surface area contributed by atoms with Gasteiger partial charge >= 0.3 is 0 Å². The quantitative estimate of drug-likeness (QED) is 0.754. The first kappa shape index (κ1) is 13.2. The van der Waals surface area contributed by atoms with Crippen LogP contribution in [-0.4, -0.2) is 24.6 Å². The number of ether oxygens (including phenoxy) is 1. The SMILES string of the molecule is CCCCN(Cc1ccc(OC)cc1N)C1CC1. The van der Waals surface area contributed by atoms with Gasteiger partial charge in [-0.15, -0.1) is 0 Å². The first-order chi connectivity index (χ1) is 8.74. The molecule has 0 bridgehead atoms. The number of unbranched alkanes of at least 4 members (excludes halogenated alkanes) is 1. The summed E-state index contributed by atoms with van der Waals surface area (Å²) in [6.45, 7) is 4.40. The van der Waals surface area contributed by atoms with Crippen molar-refractivity contribution in [3.8, 4) is 5.75 Å². The Balaban J connectivity index is 2.01. The Labute approximate surface area is 110 Å². The van der Waals surface area contributed by atoms with Crippen molar-refractivity contribution in [1.29, 1.82) is 0 Å². The molecule has 1 aliphatic rings. The van der Waals surface area contributed by atoms with Crippen LogP contribution in [-0.2, 0) is 6.54 Å². The topological polar surface area (TPSA) is 38.5 Å². The molecule has 18 heavy (non-hydrogen) atoms. The standard InChI is InChI=1S/C15H24N2O/c1-3-4-9-17(13-6-7-13)11-12-5-8-14(18-2)10-15(12)16/h5,8,10,13H,3-4,6-7,9,11,16H2,1-2H3. The molecule has 3 nitrogen and oxygen atoms in total. The van der Waals surface area contributed by atoms with E-state index in [1.54, 1.807) is 7.11 Å². The lowest BCUT2D eigenvalue weighted by Crippen LogP contribution is -2.27. The first-order valence-electron chi connectivity index (χ1n) is 6.91. The van der Waals surface area contributed by atoms with Crippen molar-refractivity contribution in [2.45, 2.75) is 45.2 Å². The summed E-state index contributed by atoms with van der Waals surface area (Å²) >= 11 is 0. The Hall–Kier alpha value is -1.22. The molecule has 0 unspecified atom stereocenters. The number of nitrogens with zero attached hydrogens (tertiary/aromatic N) is 1. The number of methoxy groups -OCH3 is 1. The van der Waals surface area contributed by atoms with E-state index in [9.17, 15) is 0 Å². The maximum Gasteiger partial charge on any atom is 0.120 e. The highest BCUT2D eigenvalue weighted by atomic mass is 16.5. The molecule has 0 amide bonds. The van der Waals surface area contributed by atoms with Gasteiger partial charge in [0, 0.05) is 24.3 Å². The summed E-state index contributed by atoms with van der Waals surface area (Å²) in [5, 5.41) is 0. The molecule has 0 atom stereocenters. The highest BCUT2D eigenvalue weighted by Crippen LogP contribution is 2.30. The van der Waals surface area contributed by atoms with Crippen LogP contribution in [0.3, 0.4) is 0 Å². The molecule has 0 aliphatic heterocycles. The predicted octanol–water partition coefficient (Wildman–Crippen LogP) is 3.04. The van der Waals surface area contributed by atoms with Gasteiger partial charge in [-0.05, 0) is 37.4 Å². The van der Waals surface area contributed by atoms with Crippen LogP contribution in [0.4, 0.5) is 5.69 Å². The summed E-state index contributed by atoms with van der Waals surface area (Å²) in [6.07, 6.45) is 5.22. The van der Waals surface area contributed by atoms with Crippen LogP contribution >= 0.6 is 0 Å². The number of hydrogen-bond acceptors (Lipinski definition) is 3. The molecule has 0 spiro atoms. The van der Waals surface area contributed by atoms with E-state index in [-0.39, 0.29) is 0 Å². The zero-order chi connectivity index (χ0) is 13.0. The lowest BCUT2D eigenvalue weighted by molar-refractivity contribution is 0.251. The van der Waals surface area contributed by atoms with Gasteiger partial charge in [-0.1, -0.05) is 19.4 Å². The van der Waals surface area contributed by atoms with Crippen LogP contribution in [0.2, 0.25) is 0 Å². The number of anilines is 1. The van der Waals surface area contributed by atoms with E-state index in [2.05, 4.69) is 17.9 Å². The monoisotopic (exact) mass is 248 g/mol. The summed E-state index contributed by atoms with van der Waals surface area (Å²) < 4.78 is 5.19. The van der Waals surface area contributed by atoms with Gasteiger partial charge in [0.1, 0.15) is 5.75 Å². The zero-order valence-corrected chi connectivity index (χ0v) is 11.5. The molecule has 1 aromatic carbocycles. The Morgan fingerprint density at radius 2 is 2.17 bits per heavy atom. The number of nitrogen functional groups attached to an aromatic ring is 1. The fraction of sp³-hybridized carbons (Fsp3) is 0.600. The molecular weight excluding hydrogens is 224 g/mol. The first-order valence-corrected chi connectivity index (χ1v) is 6.91. The predicted molar refractivity (Wildman–Crippen MR) is 75.7 cm³/mol. The fourth-order valence-corrected chi connectivity index (χ4v) is 2.25. The smallest absolute Gasteiger partial charge is 0.120 e. The third-order valence-corrected chi connectivity index (χ3v) is 3.59. The van der Waals surface area contributed by atoms with Crippen molar-refractivity contribution >= 4 is 5.69 Å². The summed E-state index contributed by atoms with van der Waals surface area (Å²) in [6, 6.07) is 6.80. The Bertz CT molecular complexity index is 388. The van der Waals surface area contributed by atoms with Crippen molar-refractivity contribution in [2.75, 3.05) is 19.4 Å². The number of rotatable bonds is 7. The van der Waals surface area contributed by atoms with E-state index in [1.807, 2.05) is 12.1 Å². The molecule has 0 heterocycles. The third-order valence-electron chi connectivity index (χ3n) is 3.59. The summed E-state index contributed by atoms with van der Waals surface area (Å²) in [5.74, 6) is 0.836. The second kappa shape index (κ2) is 6.10. The Morgan fingerprint density at radius 3 is 2.72 bits per heavy atom. The van der Waals surface area contributed by atoms with Gasteiger partial charge in [0.15, 0.2) is 0 Å². The molecule has 100 valence electrons. The number of nitrogens with two attached hydrogens (primary N) is 1. The summed E-state index contributed by atoms with van der Waals surface area (Å²) in [5.41, 5.74) is 8.15. The lowest BCUT2D eigenvalue weighted by Gasteiger charge is -2.22. The van der Waals surface area contributed by atoms with E-state index in [0.717, 1.165) is 24.0 Å². The van der Waals surface area contributed by atoms with Crippen molar-refractivity contribution < 1.29 is 4.74 Å².